The Morgan fingerprint density at radius 3 is 2.48 bits per heavy atom. The fourth-order valence-corrected chi connectivity index (χ4v) is 3.35. The summed E-state index contributed by atoms with van der Waals surface area (Å²) in [6.07, 6.45) is 0. The van der Waals surface area contributed by atoms with Gasteiger partial charge in [0, 0.05) is 20.6 Å². The van der Waals surface area contributed by atoms with Crippen LogP contribution in [0, 0.1) is 12.7 Å². The van der Waals surface area contributed by atoms with E-state index in [0.717, 1.165) is 5.56 Å². The molecule has 0 saturated heterocycles. The second-order valence-electron chi connectivity index (χ2n) is 7.38. The van der Waals surface area contributed by atoms with Crippen molar-refractivity contribution >= 4 is 23.4 Å². The molecule has 0 spiro atoms. The topological polar surface area (TPSA) is 85.7 Å². The van der Waals surface area contributed by atoms with Crippen LogP contribution in [-0.2, 0) is 11.3 Å². The van der Waals surface area contributed by atoms with E-state index in [2.05, 4.69) is 10.4 Å². The van der Waals surface area contributed by atoms with Crippen molar-refractivity contribution in [1.82, 2.24) is 20.0 Å². The van der Waals surface area contributed by atoms with E-state index in [1.165, 1.54) is 41.0 Å². The molecular weight excluding hydrogens is 451 g/mol. The molecule has 0 atom stereocenters. The summed E-state index contributed by atoms with van der Waals surface area (Å²) < 4.78 is 25.5. The largest absolute Gasteiger partial charge is 0.493 e. The standard InChI is InChI=1S/C23H24ClFN4O4/c1-14-21(22(24)29(27-14)17-8-6-16(25)7-9-17)23(31)26-12-15-5-10-18(19(11-15)32-4)33-13-20(30)28(2)3/h5-11H,12-13H2,1-4H3,(H,26,31). The second kappa shape index (κ2) is 10.4. The molecule has 0 aliphatic rings. The molecule has 174 valence electrons. The highest BCUT2D eigenvalue weighted by Crippen LogP contribution is 2.28. The summed E-state index contributed by atoms with van der Waals surface area (Å²) in [5, 5.41) is 7.25. The number of halogens is 2. The van der Waals surface area contributed by atoms with Crippen molar-refractivity contribution in [3.05, 3.63) is 70.3 Å². The van der Waals surface area contributed by atoms with Crippen molar-refractivity contribution in [2.75, 3.05) is 27.8 Å². The molecule has 0 saturated carbocycles. The fraction of sp³-hybridized carbons (Fsp3) is 0.261. The molecule has 3 rings (SSSR count). The molecule has 1 N–H and O–H groups in total. The number of likely N-dealkylation sites (N-methyl/N-ethyl adjacent to an activating group) is 1. The Balaban J connectivity index is 1.70. The predicted molar refractivity (Wildman–Crippen MR) is 122 cm³/mol. The van der Waals surface area contributed by atoms with Gasteiger partial charge in [-0.05, 0) is 48.9 Å². The first-order valence-electron chi connectivity index (χ1n) is 10.0. The summed E-state index contributed by atoms with van der Waals surface area (Å²) in [5.74, 6) is -0.106. The molecule has 0 unspecified atom stereocenters. The monoisotopic (exact) mass is 474 g/mol. The Labute approximate surface area is 195 Å². The lowest BCUT2D eigenvalue weighted by molar-refractivity contribution is -0.130. The Bertz CT molecular complexity index is 1160. The van der Waals surface area contributed by atoms with Gasteiger partial charge in [0.2, 0.25) is 0 Å². The number of methoxy groups -OCH3 is 1. The number of carbonyl (C=O) groups is 2. The van der Waals surface area contributed by atoms with Gasteiger partial charge < -0.3 is 19.7 Å². The van der Waals surface area contributed by atoms with Crippen molar-refractivity contribution in [1.29, 1.82) is 0 Å². The third kappa shape index (κ3) is 5.61. The summed E-state index contributed by atoms with van der Waals surface area (Å²) in [4.78, 5) is 26.0. The van der Waals surface area contributed by atoms with Gasteiger partial charge in [-0.2, -0.15) is 5.10 Å². The van der Waals surface area contributed by atoms with Crippen LogP contribution >= 0.6 is 11.6 Å². The van der Waals surface area contributed by atoms with Crippen LogP contribution in [0.1, 0.15) is 21.6 Å². The van der Waals surface area contributed by atoms with Crippen LogP contribution in [0.3, 0.4) is 0 Å². The zero-order valence-electron chi connectivity index (χ0n) is 18.7. The zero-order valence-corrected chi connectivity index (χ0v) is 19.4. The number of rotatable bonds is 8. The van der Waals surface area contributed by atoms with Crippen molar-refractivity contribution in [2.45, 2.75) is 13.5 Å². The van der Waals surface area contributed by atoms with E-state index in [4.69, 9.17) is 21.1 Å². The van der Waals surface area contributed by atoms with Crippen molar-refractivity contribution in [2.24, 2.45) is 0 Å². The molecule has 2 amide bonds. The van der Waals surface area contributed by atoms with E-state index < -0.39 is 5.91 Å². The summed E-state index contributed by atoms with van der Waals surface area (Å²) in [6.45, 7) is 1.75. The third-order valence-electron chi connectivity index (χ3n) is 4.83. The van der Waals surface area contributed by atoms with Crippen LogP contribution in [0.25, 0.3) is 5.69 Å². The molecular formula is C23H24ClFN4O4. The van der Waals surface area contributed by atoms with Crippen molar-refractivity contribution in [3.8, 4) is 17.2 Å². The smallest absolute Gasteiger partial charge is 0.259 e. The Hall–Kier alpha value is -3.59. The van der Waals surface area contributed by atoms with Gasteiger partial charge in [0.15, 0.2) is 18.1 Å². The average molecular weight is 475 g/mol. The van der Waals surface area contributed by atoms with Gasteiger partial charge in [0.05, 0.1) is 24.1 Å². The highest BCUT2D eigenvalue weighted by molar-refractivity contribution is 6.33. The molecule has 3 aromatic rings. The Morgan fingerprint density at radius 2 is 1.85 bits per heavy atom. The first kappa shape index (κ1) is 24.1. The van der Waals surface area contributed by atoms with E-state index in [0.29, 0.717) is 22.9 Å². The number of aryl methyl sites for hydroxylation is 1. The maximum Gasteiger partial charge on any atom is 0.259 e. The van der Waals surface area contributed by atoms with Crippen molar-refractivity contribution < 1.29 is 23.5 Å². The second-order valence-corrected chi connectivity index (χ2v) is 7.74. The van der Waals surface area contributed by atoms with Crippen LogP contribution in [-0.4, -0.2) is 54.3 Å². The van der Waals surface area contributed by atoms with Crippen LogP contribution < -0.4 is 14.8 Å². The van der Waals surface area contributed by atoms with Gasteiger partial charge >= 0.3 is 0 Å². The van der Waals surface area contributed by atoms with Gasteiger partial charge in [0.1, 0.15) is 11.0 Å². The molecule has 0 aliphatic heterocycles. The number of nitrogens with zero attached hydrogens (tertiary/aromatic N) is 3. The van der Waals surface area contributed by atoms with Gasteiger partial charge in [-0.1, -0.05) is 17.7 Å². The summed E-state index contributed by atoms with van der Waals surface area (Å²) in [7, 11) is 4.78. The normalized spacial score (nSPS) is 10.6. The van der Waals surface area contributed by atoms with E-state index in [1.54, 1.807) is 39.2 Å². The molecule has 1 heterocycles. The number of carbonyl (C=O) groups excluding carboxylic acids is 2. The lowest BCUT2D eigenvalue weighted by Crippen LogP contribution is -2.27. The molecule has 0 fully saturated rings. The maximum atomic E-state index is 13.2. The molecule has 8 nitrogen and oxygen atoms in total. The van der Waals surface area contributed by atoms with E-state index >= 15 is 0 Å². The van der Waals surface area contributed by atoms with Crippen LogP contribution in [0.2, 0.25) is 5.15 Å². The highest BCUT2D eigenvalue weighted by atomic mass is 35.5. The van der Waals surface area contributed by atoms with Gasteiger partial charge in [-0.25, -0.2) is 9.07 Å². The van der Waals surface area contributed by atoms with E-state index in [1.807, 2.05) is 0 Å². The zero-order chi connectivity index (χ0) is 24.1. The van der Waals surface area contributed by atoms with E-state index in [-0.39, 0.29) is 35.6 Å². The van der Waals surface area contributed by atoms with Gasteiger partial charge in [-0.3, -0.25) is 9.59 Å². The van der Waals surface area contributed by atoms with Crippen LogP contribution in [0.5, 0.6) is 11.5 Å². The SMILES string of the molecule is COc1cc(CNC(=O)c2c(C)nn(-c3ccc(F)cc3)c2Cl)ccc1OCC(=O)N(C)C. The molecule has 1 aromatic heterocycles. The number of ether oxygens (including phenoxy) is 2. The molecule has 0 radical (unpaired) electrons. The molecule has 33 heavy (non-hydrogen) atoms. The highest BCUT2D eigenvalue weighted by Gasteiger charge is 2.21. The van der Waals surface area contributed by atoms with Crippen LogP contribution in [0.15, 0.2) is 42.5 Å². The number of nitrogens with one attached hydrogen (secondary N) is 1. The van der Waals surface area contributed by atoms with Gasteiger partial charge in [-0.15, -0.1) is 0 Å². The maximum absolute atomic E-state index is 13.2. The number of amides is 2. The first-order chi connectivity index (χ1) is 15.7. The minimum absolute atomic E-state index is 0.116. The molecule has 0 bridgehead atoms. The average Bonchev–Trinajstić information content (AvgIpc) is 3.10. The quantitative estimate of drug-likeness (QED) is 0.541. The summed E-state index contributed by atoms with van der Waals surface area (Å²) >= 11 is 6.41. The Morgan fingerprint density at radius 1 is 1.15 bits per heavy atom. The molecule has 10 heteroatoms. The number of hydrogen-bond donors (Lipinski definition) is 1. The number of benzene rings is 2. The first-order valence-corrected chi connectivity index (χ1v) is 10.4. The Kier molecular flexibility index (Phi) is 7.55. The number of hydrogen-bond acceptors (Lipinski definition) is 5. The fourth-order valence-electron chi connectivity index (χ4n) is 2.99. The summed E-state index contributed by atoms with van der Waals surface area (Å²) in [6, 6.07) is 10.8. The van der Waals surface area contributed by atoms with Crippen LogP contribution in [0.4, 0.5) is 4.39 Å². The van der Waals surface area contributed by atoms with Crippen molar-refractivity contribution in [3.63, 3.8) is 0 Å². The van der Waals surface area contributed by atoms with Gasteiger partial charge in [0.25, 0.3) is 11.8 Å². The number of aromatic nitrogens is 2. The molecule has 0 aliphatic carbocycles. The minimum Gasteiger partial charge on any atom is -0.493 e. The predicted octanol–water partition coefficient (Wildman–Crippen LogP) is 3.38. The summed E-state index contributed by atoms with van der Waals surface area (Å²) in [5.41, 5.74) is 1.96. The lowest BCUT2D eigenvalue weighted by Gasteiger charge is -2.14. The lowest BCUT2D eigenvalue weighted by atomic mass is 10.2. The molecule has 2 aromatic carbocycles. The minimum atomic E-state index is -0.401. The third-order valence-corrected chi connectivity index (χ3v) is 5.18. The van der Waals surface area contributed by atoms with E-state index in [9.17, 15) is 14.0 Å².